The minimum Gasteiger partial charge on any atom is -0.397 e. The number of anilines is 2. The second-order valence-corrected chi connectivity index (χ2v) is 12.9. The quantitative estimate of drug-likeness (QED) is 0.124. The van der Waals surface area contributed by atoms with E-state index >= 15 is 0 Å². The van der Waals surface area contributed by atoms with Crippen LogP contribution in [0.25, 0.3) is 0 Å². The van der Waals surface area contributed by atoms with Crippen LogP contribution in [0, 0.1) is 0 Å². The number of pyridine rings is 1. The molecule has 0 bridgehead atoms. The van der Waals surface area contributed by atoms with E-state index < -0.39 is 24.0 Å². The summed E-state index contributed by atoms with van der Waals surface area (Å²) in [5.74, 6) is -0.576. The fourth-order valence-corrected chi connectivity index (χ4v) is 6.64. The lowest BCUT2D eigenvalue weighted by atomic mass is 10.0. The van der Waals surface area contributed by atoms with Crippen molar-refractivity contribution >= 4 is 61.1 Å². The number of nitrogens with one attached hydrogen (secondary N) is 3. The number of nitrogen functional groups attached to an aromatic ring is 1. The molecule has 3 aromatic rings. The van der Waals surface area contributed by atoms with Crippen LogP contribution in [0.2, 0.25) is 0 Å². The Morgan fingerprint density at radius 1 is 0.870 bits per heavy atom. The topological polar surface area (TPSA) is 159 Å². The van der Waals surface area contributed by atoms with Gasteiger partial charge in [-0.2, -0.15) is 0 Å². The second kappa shape index (κ2) is 17.9. The molecule has 0 spiro atoms. The second-order valence-electron chi connectivity index (χ2n) is 11.2. The number of carbonyl (C=O) groups is 3. The number of nitrogens with two attached hydrogens (primary N) is 2. The van der Waals surface area contributed by atoms with Crippen molar-refractivity contribution in [3.8, 4) is 0 Å². The van der Waals surface area contributed by atoms with E-state index in [-0.39, 0.29) is 12.3 Å². The van der Waals surface area contributed by atoms with Gasteiger partial charge >= 0.3 is 6.03 Å². The standard InChI is InChI=1S/C33H42Br2N8O3/c34-26-20-24(21-27(35)30(26)37)22-29(41-33(46)39-15-9-23-6-2-1-3-7-23)31(44)40-28(8-4-5-12-36)32(45)43-18-16-42(17-19-43)25-10-13-38-14-11-25/h1-3,6-7,10-11,13-14,20-21,28-29H,4-5,8-9,12,15-19,22,36-37H2,(H,40,44)(H2,39,41,46)/t28-,29+/m0/s1. The molecule has 7 N–H and O–H groups in total. The van der Waals surface area contributed by atoms with E-state index in [1.54, 1.807) is 17.3 Å². The van der Waals surface area contributed by atoms with Crippen molar-refractivity contribution in [1.82, 2.24) is 25.8 Å². The molecular formula is C33H42Br2N8O3. The van der Waals surface area contributed by atoms with Crippen LogP contribution in [-0.4, -0.2) is 79.1 Å². The normalized spacial score (nSPS) is 14.3. The molecule has 4 amide bonds. The molecule has 246 valence electrons. The molecule has 2 heterocycles. The summed E-state index contributed by atoms with van der Waals surface area (Å²) in [5.41, 5.74) is 15.3. The van der Waals surface area contributed by atoms with E-state index in [4.69, 9.17) is 11.5 Å². The van der Waals surface area contributed by atoms with Gasteiger partial charge in [-0.25, -0.2) is 4.79 Å². The van der Waals surface area contributed by atoms with Crippen molar-refractivity contribution < 1.29 is 14.4 Å². The summed E-state index contributed by atoms with van der Waals surface area (Å²) in [4.78, 5) is 48.8. The zero-order valence-corrected chi connectivity index (χ0v) is 28.9. The van der Waals surface area contributed by atoms with Crippen LogP contribution in [0.5, 0.6) is 0 Å². The molecule has 0 saturated carbocycles. The van der Waals surface area contributed by atoms with E-state index in [2.05, 4.69) is 57.7 Å². The molecule has 1 aliphatic rings. The summed E-state index contributed by atoms with van der Waals surface area (Å²) >= 11 is 6.93. The van der Waals surface area contributed by atoms with Gasteiger partial charge in [-0.1, -0.05) is 30.3 Å². The number of hydrogen-bond donors (Lipinski definition) is 5. The first kappa shape index (κ1) is 35.2. The first-order valence-electron chi connectivity index (χ1n) is 15.5. The summed E-state index contributed by atoms with van der Waals surface area (Å²) in [5, 5.41) is 8.68. The first-order valence-corrected chi connectivity index (χ1v) is 17.1. The summed E-state index contributed by atoms with van der Waals surface area (Å²) in [6.45, 7) is 3.30. The number of aromatic nitrogens is 1. The molecule has 1 aliphatic heterocycles. The molecule has 1 fully saturated rings. The molecule has 2 aromatic carbocycles. The van der Waals surface area contributed by atoms with Gasteiger partial charge in [0.1, 0.15) is 12.1 Å². The lowest BCUT2D eigenvalue weighted by Crippen LogP contribution is -2.58. The lowest BCUT2D eigenvalue weighted by molar-refractivity contribution is -0.137. The van der Waals surface area contributed by atoms with Gasteiger partial charge in [-0.3, -0.25) is 14.6 Å². The summed E-state index contributed by atoms with van der Waals surface area (Å²) in [7, 11) is 0. The average Bonchev–Trinajstić information content (AvgIpc) is 3.07. The third-order valence-corrected chi connectivity index (χ3v) is 9.24. The number of urea groups is 1. The monoisotopic (exact) mass is 756 g/mol. The van der Waals surface area contributed by atoms with Crippen molar-refractivity contribution in [3.05, 3.63) is 87.1 Å². The number of halogens is 2. The maximum absolute atomic E-state index is 13.9. The average molecular weight is 759 g/mol. The number of unbranched alkanes of at least 4 members (excludes halogenated alkanes) is 1. The van der Waals surface area contributed by atoms with E-state index in [1.807, 2.05) is 54.6 Å². The molecular weight excluding hydrogens is 716 g/mol. The molecule has 4 rings (SSSR count). The van der Waals surface area contributed by atoms with Crippen LogP contribution in [-0.2, 0) is 22.4 Å². The number of rotatable bonds is 14. The summed E-state index contributed by atoms with van der Waals surface area (Å²) in [6.07, 6.45) is 6.20. The van der Waals surface area contributed by atoms with Crippen LogP contribution < -0.4 is 32.3 Å². The van der Waals surface area contributed by atoms with Gasteiger partial charge in [-0.15, -0.1) is 0 Å². The zero-order chi connectivity index (χ0) is 32.9. The van der Waals surface area contributed by atoms with Gasteiger partial charge in [0.05, 0.1) is 5.69 Å². The van der Waals surface area contributed by atoms with E-state index in [1.165, 1.54) is 0 Å². The maximum atomic E-state index is 13.9. The number of piperazine rings is 1. The van der Waals surface area contributed by atoms with Crippen molar-refractivity contribution in [2.45, 2.75) is 44.2 Å². The number of nitrogens with zero attached hydrogens (tertiary/aromatic N) is 3. The first-order chi connectivity index (χ1) is 22.2. The molecule has 0 unspecified atom stereocenters. The van der Waals surface area contributed by atoms with Gasteiger partial charge in [-0.05, 0) is 99.5 Å². The van der Waals surface area contributed by atoms with E-state index in [9.17, 15) is 14.4 Å². The largest absolute Gasteiger partial charge is 0.397 e. The van der Waals surface area contributed by atoms with Crippen LogP contribution >= 0.6 is 31.9 Å². The summed E-state index contributed by atoms with van der Waals surface area (Å²) in [6, 6.07) is 15.2. The zero-order valence-electron chi connectivity index (χ0n) is 25.8. The van der Waals surface area contributed by atoms with Crippen molar-refractivity contribution in [1.29, 1.82) is 0 Å². The highest BCUT2D eigenvalue weighted by molar-refractivity contribution is 9.11. The van der Waals surface area contributed by atoms with Crippen molar-refractivity contribution in [2.24, 2.45) is 5.73 Å². The van der Waals surface area contributed by atoms with Gasteiger partial charge < -0.3 is 37.2 Å². The third-order valence-electron chi connectivity index (χ3n) is 7.92. The van der Waals surface area contributed by atoms with Crippen molar-refractivity contribution in [2.75, 3.05) is 49.9 Å². The van der Waals surface area contributed by atoms with E-state index in [0.29, 0.717) is 73.2 Å². The Balaban J connectivity index is 1.45. The van der Waals surface area contributed by atoms with Gasteiger partial charge in [0.25, 0.3) is 0 Å². The molecule has 1 saturated heterocycles. The van der Waals surface area contributed by atoms with E-state index in [0.717, 1.165) is 23.2 Å². The Kier molecular flexibility index (Phi) is 13.7. The molecule has 46 heavy (non-hydrogen) atoms. The minimum absolute atomic E-state index is 0.135. The number of carbonyl (C=O) groups excluding carboxylic acids is 3. The predicted octanol–water partition coefficient (Wildman–Crippen LogP) is 3.60. The Labute approximate surface area is 287 Å². The Morgan fingerprint density at radius 2 is 1.54 bits per heavy atom. The van der Waals surface area contributed by atoms with Gasteiger partial charge in [0.15, 0.2) is 0 Å². The predicted molar refractivity (Wildman–Crippen MR) is 188 cm³/mol. The molecule has 1 aromatic heterocycles. The third kappa shape index (κ3) is 10.4. The SMILES string of the molecule is NCCCC[C@H](NC(=O)[C@@H](Cc1cc(Br)c(N)c(Br)c1)NC(=O)NCCc1ccccc1)C(=O)N1CCN(c2ccncc2)CC1. The smallest absolute Gasteiger partial charge is 0.315 e. The molecule has 11 nitrogen and oxygen atoms in total. The Morgan fingerprint density at radius 3 is 2.20 bits per heavy atom. The lowest BCUT2D eigenvalue weighted by Gasteiger charge is -2.37. The number of benzene rings is 2. The van der Waals surface area contributed by atoms with Crippen LogP contribution in [0.15, 0.2) is 75.9 Å². The van der Waals surface area contributed by atoms with Crippen LogP contribution in [0.3, 0.4) is 0 Å². The van der Waals surface area contributed by atoms with Gasteiger partial charge in [0, 0.05) is 66.2 Å². The number of amides is 4. The Bertz CT molecular complexity index is 1420. The van der Waals surface area contributed by atoms with Gasteiger partial charge in [0.2, 0.25) is 11.8 Å². The number of hydrogen-bond acceptors (Lipinski definition) is 7. The molecule has 2 atom stereocenters. The molecule has 13 heteroatoms. The minimum atomic E-state index is -0.951. The summed E-state index contributed by atoms with van der Waals surface area (Å²) < 4.78 is 1.34. The Hall–Kier alpha value is -3.68. The highest BCUT2D eigenvalue weighted by Gasteiger charge is 2.31. The maximum Gasteiger partial charge on any atom is 0.315 e. The van der Waals surface area contributed by atoms with Crippen LogP contribution in [0.1, 0.15) is 30.4 Å². The molecule has 0 aliphatic carbocycles. The highest BCUT2D eigenvalue weighted by Crippen LogP contribution is 2.30. The molecule has 0 radical (unpaired) electrons. The fourth-order valence-electron chi connectivity index (χ4n) is 5.36. The fraction of sp³-hybridized carbons (Fsp3) is 0.394. The van der Waals surface area contributed by atoms with Crippen LogP contribution in [0.4, 0.5) is 16.2 Å². The highest BCUT2D eigenvalue weighted by atomic mass is 79.9. The van der Waals surface area contributed by atoms with Crippen molar-refractivity contribution in [3.63, 3.8) is 0 Å².